The number of allylic oxidation sites excluding steroid dienone is 1. The van der Waals surface area contributed by atoms with Crippen molar-refractivity contribution in [2.75, 3.05) is 18.6 Å². The average molecular weight is 488 g/mol. The third kappa shape index (κ3) is 4.12. The van der Waals surface area contributed by atoms with Gasteiger partial charge in [-0.2, -0.15) is 0 Å². The van der Waals surface area contributed by atoms with Crippen LogP contribution >= 0.6 is 22.6 Å². The van der Waals surface area contributed by atoms with Crippen LogP contribution in [0.2, 0.25) is 0 Å². The van der Waals surface area contributed by atoms with Gasteiger partial charge in [-0.25, -0.2) is 0 Å². The lowest BCUT2D eigenvalue weighted by molar-refractivity contribution is 0.413. The maximum absolute atomic E-state index is 5.73. The van der Waals surface area contributed by atoms with Crippen LogP contribution in [0, 0.1) is 10.5 Å². The summed E-state index contributed by atoms with van der Waals surface area (Å²) < 4.78 is 6.99. The summed E-state index contributed by atoms with van der Waals surface area (Å²) in [5.41, 5.74) is 6.99. The molecule has 0 unspecified atom stereocenters. The second-order valence-corrected chi connectivity index (χ2v) is 9.10. The van der Waals surface area contributed by atoms with Crippen LogP contribution in [0.4, 0.5) is 11.4 Å². The second-order valence-electron chi connectivity index (χ2n) is 7.94. The zero-order valence-electron chi connectivity index (χ0n) is 17.6. The molecular weight excluding hydrogens is 459 g/mol. The molecule has 28 heavy (non-hydrogen) atoms. The molecule has 0 aliphatic carbocycles. The number of aliphatic imine (C=N–C) groups is 1. The zero-order valence-corrected chi connectivity index (χ0v) is 19.8. The molecule has 4 heteroatoms. The summed E-state index contributed by atoms with van der Waals surface area (Å²) in [6.07, 6.45) is 5.38. The maximum Gasteiger partial charge on any atom is 0.129 e. The molecule has 0 aromatic heterocycles. The summed E-state index contributed by atoms with van der Waals surface area (Å²) in [4.78, 5) is 7.18. The van der Waals surface area contributed by atoms with Gasteiger partial charge < -0.3 is 9.64 Å². The number of anilines is 1. The quantitative estimate of drug-likeness (QED) is 0.343. The highest BCUT2D eigenvalue weighted by Gasteiger charge is 2.31. The van der Waals surface area contributed by atoms with Crippen LogP contribution in [0.25, 0.3) is 5.57 Å². The fraction of sp³-hybridized carbons (Fsp3) is 0.375. The molecule has 0 fully saturated rings. The third-order valence-electron chi connectivity index (χ3n) is 5.27. The van der Waals surface area contributed by atoms with Gasteiger partial charge in [0.15, 0.2) is 0 Å². The van der Waals surface area contributed by atoms with Gasteiger partial charge >= 0.3 is 0 Å². The first kappa shape index (κ1) is 20.9. The molecule has 0 atom stereocenters. The highest BCUT2D eigenvalue weighted by Crippen LogP contribution is 2.42. The molecule has 1 heterocycles. The van der Waals surface area contributed by atoms with Gasteiger partial charge in [0.25, 0.3) is 0 Å². The van der Waals surface area contributed by atoms with Crippen LogP contribution in [0.15, 0.2) is 41.4 Å². The lowest BCUT2D eigenvalue weighted by atomic mass is 9.87. The van der Waals surface area contributed by atoms with Gasteiger partial charge in [-0.3, -0.25) is 4.99 Å². The molecule has 0 bridgehead atoms. The molecule has 1 aliphatic rings. The number of halogens is 1. The van der Waals surface area contributed by atoms with E-state index in [-0.39, 0.29) is 5.54 Å². The van der Waals surface area contributed by atoms with E-state index >= 15 is 0 Å². The Bertz CT molecular complexity index is 944. The Hall–Kier alpha value is -1.82. The number of aryl methyl sites for hydroxylation is 1. The standard InChI is InChI=1S/C24H29IN2O/c1-7-10-27-22-13-23(28-6)18(12-20(22)17(3)14-24(27,4)5)15-26-19-8-9-21(25)16(2)11-19/h8-9,11-15H,7,10H2,1-6H3. The highest BCUT2D eigenvalue weighted by atomic mass is 127. The Morgan fingerprint density at radius 2 is 1.93 bits per heavy atom. The first-order valence-corrected chi connectivity index (χ1v) is 10.8. The minimum atomic E-state index is -0.00752. The molecule has 148 valence electrons. The van der Waals surface area contributed by atoms with Gasteiger partial charge in [0.1, 0.15) is 5.75 Å². The number of ether oxygens (including phenoxy) is 1. The number of hydrogen-bond donors (Lipinski definition) is 0. The fourth-order valence-electron chi connectivity index (χ4n) is 3.88. The molecule has 0 radical (unpaired) electrons. The van der Waals surface area contributed by atoms with E-state index in [4.69, 9.17) is 9.73 Å². The van der Waals surface area contributed by atoms with Gasteiger partial charge in [-0.05, 0) is 92.1 Å². The summed E-state index contributed by atoms with van der Waals surface area (Å²) in [6.45, 7) is 12.1. The van der Waals surface area contributed by atoms with Gasteiger partial charge in [0.05, 0.1) is 18.3 Å². The van der Waals surface area contributed by atoms with Crippen molar-refractivity contribution < 1.29 is 4.74 Å². The molecule has 2 aromatic rings. The Balaban J connectivity index is 2.06. The minimum Gasteiger partial charge on any atom is -0.496 e. The summed E-state index contributed by atoms with van der Waals surface area (Å²) in [5, 5.41) is 0. The summed E-state index contributed by atoms with van der Waals surface area (Å²) in [7, 11) is 1.73. The lowest BCUT2D eigenvalue weighted by Gasteiger charge is -2.43. The van der Waals surface area contributed by atoms with E-state index in [1.165, 1.54) is 26.0 Å². The number of rotatable bonds is 5. The Labute approximate surface area is 182 Å². The van der Waals surface area contributed by atoms with E-state index in [9.17, 15) is 0 Å². The van der Waals surface area contributed by atoms with Crippen LogP contribution in [-0.4, -0.2) is 25.4 Å². The molecule has 0 amide bonds. The first-order chi connectivity index (χ1) is 13.3. The van der Waals surface area contributed by atoms with Crippen molar-refractivity contribution >= 4 is 45.8 Å². The van der Waals surface area contributed by atoms with E-state index in [1.807, 2.05) is 12.3 Å². The Kier molecular flexibility index (Phi) is 6.18. The van der Waals surface area contributed by atoms with Crippen molar-refractivity contribution in [3.8, 4) is 5.75 Å². The first-order valence-electron chi connectivity index (χ1n) is 9.76. The van der Waals surface area contributed by atoms with E-state index in [0.29, 0.717) is 0 Å². The molecule has 0 spiro atoms. The van der Waals surface area contributed by atoms with Crippen LogP contribution in [0.5, 0.6) is 5.75 Å². The van der Waals surface area contributed by atoms with Gasteiger partial charge in [0.2, 0.25) is 0 Å². The molecule has 1 aliphatic heterocycles. The van der Waals surface area contributed by atoms with Crippen molar-refractivity contribution in [3.63, 3.8) is 0 Å². The monoisotopic (exact) mass is 488 g/mol. The van der Waals surface area contributed by atoms with E-state index in [0.717, 1.165) is 30.0 Å². The summed E-state index contributed by atoms with van der Waals surface area (Å²) in [5.74, 6) is 0.858. The summed E-state index contributed by atoms with van der Waals surface area (Å²) >= 11 is 2.35. The number of hydrogen-bond acceptors (Lipinski definition) is 3. The van der Waals surface area contributed by atoms with Crippen LogP contribution in [-0.2, 0) is 0 Å². The summed E-state index contributed by atoms with van der Waals surface area (Å²) in [6, 6.07) is 10.6. The van der Waals surface area contributed by atoms with Crippen molar-refractivity contribution in [3.05, 3.63) is 56.7 Å². The van der Waals surface area contributed by atoms with Gasteiger partial charge in [0, 0.05) is 39.2 Å². The van der Waals surface area contributed by atoms with E-state index < -0.39 is 0 Å². The van der Waals surface area contributed by atoms with Crippen molar-refractivity contribution in [2.24, 2.45) is 4.99 Å². The molecule has 0 N–H and O–H groups in total. The molecular formula is C24H29IN2O. The Morgan fingerprint density at radius 1 is 1.18 bits per heavy atom. The number of benzene rings is 2. The zero-order chi connectivity index (χ0) is 20.5. The van der Waals surface area contributed by atoms with E-state index in [1.54, 1.807) is 7.11 Å². The number of methoxy groups -OCH3 is 1. The SMILES string of the molecule is CCCN1c2cc(OC)c(C=Nc3ccc(I)c(C)c3)cc2C(C)=CC1(C)C. The van der Waals surface area contributed by atoms with Gasteiger partial charge in [-0.15, -0.1) is 0 Å². The largest absolute Gasteiger partial charge is 0.496 e. The lowest BCUT2D eigenvalue weighted by Crippen LogP contribution is -2.45. The predicted molar refractivity (Wildman–Crippen MR) is 130 cm³/mol. The third-order valence-corrected chi connectivity index (χ3v) is 6.48. The van der Waals surface area contributed by atoms with Crippen LogP contribution in [0.1, 0.15) is 50.8 Å². The number of nitrogens with zero attached hydrogens (tertiary/aromatic N) is 2. The number of fused-ring (bicyclic) bond motifs is 1. The normalized spacial score (nSPS) is 15.5. The highest BCUT2D eigenvalue weighted by molar-refractivity contribution is 14.1. The second kappa shape index (κ2) is 8.27. The Morgan fingerprint density at radius 3 is 2.57 bits per heavy atom. The van der Waals surface area contributed by atoms with Crippen molar-refractivity contribution in [1.82, 2.24) is 0 Å². The molecule has 0 saturated carbocycles. The molecule has 3 rings (SSSR count). The van der Waals surface area contributed by atoms with Gasteiger partial charge in [-0.1, -0.05) is 13.0 Å². The minimum absolute atomic E-state index is 0.00752. The van der Waals surface area contributed by atoms with E-state index in [2.05, 4.69) is 92.5 Å². The fourth-order valence-corrected chi connectivity index (χ4v) is 4.22. The topological polar surface area (TPSA) is 24.8 Å². The van der Waals surface area contributed by atoms with Crippen LogP contribution < -0.4 is 9.64 Å². The molecule has 2 aromatic carbocycles. The molecule has 3 nitrogen and oxygen atoms in total. The van der Waals surface area contributed by atoms with Crippen molar-refractivity contribution in [2.45, 2.75) is 46.6 Å². The van der Waals surface area contributed by atoms with Crippen LogP contribution in [0.3, 0.4) is 0 Å². The average Bonchev–Trinajstić information content (AvgIpc) is 2.65. The smallest absolute Gasteiger partial charge is 0.129 e. The maximum atomic E-state index is 5.73. The molecule has 0 saturated heterocycles. The van der Waals surface area contributed by atoms with Crippen molar-refractivity contribution in [1.29, 1.82) is 0 Å². The predicted octanol–water partition coefficient (Wildman–Crippen LogP) is 6.77.